The Morgan fingerprint density at radius 2 is 1.78 bits per heavy atom. The summed E-state index contributed by atoms with van der Waals surface area (Å²) in [5.41, 5.74) is 0. The van der Waals surface area contributed by atoms with Crippen molar-refractivity contribution in [3.63, 3.8) is 0 Å². The number of rotatable bonds is 11. The molecule has 108 valence electrons. The van der Waals surface area contributed by atoms with Crippen molar-refractivity contribution < 1.29 is 4.79 Å². The minimum atomic E-state index is -0.0717. The lowest BCUT2D eigenvalue weighted by molar-refractivity contribution is -0.122. The van der Waals surface area contributed by atoms with Gasteiger partial charge in [-0.05, 0) is 32.2 Å². The zero-order valence-corrected chi connectivity index (χ0v) is 12.7. The summed E-state index contributed by atoms with van der Waals surface area (Å²) in [5, 5.41) is 6.32. The topological polar surface area (TPSA) is 41.1 Å². The highest BCUT2D eigenvalue weighted by atomic mass is 16.2. The smallest absolute Gasteiger partial charge is 0.236 e. The summed E-state index contributed by atoms with van der Waals surface area (Å²) in [7, 11) is 0. The van der Waals surface area contributed by atoms with Gasteiger partial charge >= 0.3 is 0 Å². The van der Waals surface area contributed by atoms with Gasteiger partial charge in [-0.15, -0.1) is 0 Å². The molecule has 18 heavy (non-hydrogen) atoms. The summed E-state index contributed by atoms with van der Waals surface area (Å²) in [6, 6.07) is -0.0717. The van der Waals surface area contributed by atoms with Crippen molar-refractivity contribution >= 4 is 5.91 Å². The molecular formula is C15H32N2O. The van der Waals surface area contributed by atoms with Crippen molar-refractivity contribution in [1.29, 1.82) is 0 Å². The number of hydrogen-bond donors (Lipinski definition) is 2. The van der Waals surface area contributed by atoms with Crippen LogP contribution in [0.5, 0.6) is 0 Å². The van der Waals surface area contributed by atoms with Crippen molar-refractivity contribution in [3.05, 3.63) is 0 Å². The van der Waals surface area contributed by atoms with Crippen molar-refractivity contribution in [2.45, 2.75) is 72.3 Å². The lowest BCUT2D eigenvalue weighted by Crippen LogP contribution is -2.44. The normalized spacial score (nSPS) is 14.2. The third kappa shape index (κ3) is 8.51. The van der Waals surface area contributed by atoms with E-state index in [0.717, 1.165) is 25.9 Å². The number of amides is 1. The van der Waals surface area contributed by atoms with E-state index in [-0.39, 0.29) is 11.9 Å². The standard InChI is InChI=1S/C15H32N2O/c1-5-8-10-14(7-3)12-17-13(4)15(18)16-11-9-6-2/h13-14,17H,5-12H2,1-4H3,(H,16,18). The Bertz CT molecular complexity index is 207. The van der Waals surface area contributed by atoms with Gasteiger partial charge in [-0.25, -0.2) is 0 Å². The molecular weight excluding hydrogens is 224 g/mol. The van der Waals surface area contributed by atoms with Crippen molar-refractivity contribution in [2.75, 3.05) is 13.1 Å². The molecule has 0 rings (SSSR count). The largest absolute Gasteiger partial charge is 0.355 e. The van der Waals surface area contributed by atoms with E-state index in [0.29, 0.717) is 5.92 Å². The van der Waals surface area contributed by atoms with Crippen LogP contribution in [-0.2, 0) is 4.79 Å². The summed E-state index contributed by atoms with van der Waals surface area (Å²) in [5.74, 6) is 0.838. The van der Waals surface area contributed by atoms with Gasteiger partial charge in [0.2, 0.25) is 5.91 Å². The predicted octanol–water partition coefficient (Wildman–Crippen LogP) is 3.10. The number of nitrogens with one attached hydrogen (secondary N) is 2. The molecule has 3 heteroatoms. The maximum absolute atomic E-state index is 11.8. The molecule has 0 saturated heterocycles. The minimum Gasteiger partial charge on any atom is -0.355 e. The minimum absolute atomic E-state index is 0.0717. The molecule has 2 atom stereocenters. The van der Waals surface area contributed by atoms with Crippen LogP contribution in [0.4, 0.5) is 0 Å². The van der Waals surface area contributed by atoms with E-state index in [9.17, 15) is 4.79 Å². The summed E-state index contributed by atoms with van der Waals surface area (Å²) in [6.45, 7) is 10.3. The van der Waals surface area contributed by atoms with Crippen LogP contribution in [0.2, 0.25) is 0 Å². The van der Waals surface area contributed by atoms with E-state index in [1.165, 1.54) is 25.7 Å². The molecule has 0 fully saturated rings. The van der Waals surface area contributed by atoms with Crippen molar-refractivity contribution in [2.24, 2.45) is 5.92 Å². The first kappa shape index (κ1) is 17.4. The lowest BCUT2D eigenvalue weighted by atomic mass is 9.99. The van der Waals surface area contributed by atoms with Gasteiger partial charge in [0.1, 0.15) is 0 Å². The van der Waals surface area contributed by atoms with Crippen LogP contribution in [0.1, 0.15) is 66.2 Å². The van der Waals surface area contributed by atoms with E-state index >= 15 is 0 Å². The molecule has 0 spiro atoms. The molecule has 2 unspecified atom stereocenters. The summed E-state index contributed by atoms with van der Waals surface area (Å²) in [4.78, 5) is 11.8. The zero-order valence-electron chi connectivity index (χ0n) is 12.7. The average Bonchev–Trinajstić information content (AvgIpc) is 2.38. The summed E-state index contributed by atoms with van der Waals surface area (Å²) < 4.78 is 0. The lowest BCUT2D eigenvalue weighted by Gasteiger charge is -2.19. The molecule has 0 bridgehead atoms. The first-order chi connectivity index (χ1) is 8.65. The average molecular weight is 256 g/mol. The van der Waals surface area contributed by atoms with Crippen LogP contribution in [0.3, 0.4) is 0 Å². The molecule has 0 aromatic heterocycles. The second kappa shape index (κ2) is 11.5. The molecule has 0 saturated carbocycles. The van der Waals surface area contributed by atoms with Crippen LogP contribution >= 0.6 is 0 Å². The molecule has 0 radical (unpaired) electrons. The van der Waals surface area contributed by atoms with Crippen LogP contribution in [-0.4, -0.2) is 25.0 Å². The van der Waals surface area contributed by atoms with E-state index in [2.05, 4.69) is 31.4 Å². The van der Waals surface area contributed by atoms with Crippen molar-refractivity contribution in [3.8, 4) is 0 Å². The van der Waals surface area contributed by atoms with Gasteiger partial charge in [0.05, 0.1) is 6.04 Å². The number of carbonyl (C=O) groups is 1. The van der Waals surface area contributed by atoms with Crippen LogP contribution in [0.15, 0.2) is 0 Å². The highest BCUT2D eigenvalue weighted by molar-refractivity contribution is 5.81. The number of hydrogen-bond acceptors (Lipinski definition) is 2. The third-order valence-corrected chi connectivity index (χ3v) is 3.48. The molecule has 0 aliphatic heterocycles. The Hall–Kier alpha value is -0.570. The third-order valence-electron chi connectivity index (χ3n) is 3.48. The Labute approximate surface area is 113 Å². The van der Waals surface area contributed by atoms with Crippen LogP contribution in [0.25, 0.3) is 0 Å². The quantitative estimate of drug-likeness (QED) is 0.558. The van der Waals surface area contributed by atoms with E-state index in [1.807, 2.05) is 6.92 Å². The van der Waals surface area contributed by atoms with Gasteiger partial charge in [0.15, 0.2) is 0 Å². The monoisotopic (exact) mass is 256 g/mol. The number of carbonyl (C=O) groups excluding carboxylic acids is 1. The van der Waals surface area contributed by atoms with E-state index in [4.69, 9.17) is 0 Å². The Morgan fingerprint density at radius 1 is 1.11 bits per heavy atom. The maximum Gasteiger partial charge on any atom is 0.236 e. The van der Waals surface area contributed by atoms with Gasteiger partial charge in [-0.1, -0.05) is 46.5 Å². The second-order valence-electron chi connectivity index (χ2n) is 5.19. The molecule has 1 amide bonds. The molecule has 0 heterocycles. The Morgan fingerprint density at radius 3 is 2.33 bits per heavy atom. The fourth-order valence-electron chi connectivity index (χ4n) is 1.92. The predicted molar refractivity (Wildman–Crippen MR) is 78.7 cm³/mol. The van der Waals surface area contributed by atoms with Gasteiger partial charge in [0.25, 0.3) is 0 Å². The second-order valence-corrected chi connectivity index (χ2v) is 5.19. The van der Waals surface area contributed by atoms with Crippen molar-refractivity contribution in [1.82, 2.24) is 10.6 Å². The van der Waals surface area contributed by atoms with Crippen LogP contribution in [0, 0.1) is 5.92 Å². The Kier molecular flexibility index (Phi) is 11.2. The molecule has 2 N–H and O–H groups in total. The molecule has 0 aliphatic rings. The summed E-state index contributed by atoms with van der Waals surface area (Å²) >= 11 is 0. The fourth-order valence-corrected chi connectivity index (χ4v) is 1.92. The molecule has 0 aliphatic carbocycles. The molecule has 0 aromatic rings. The zero-order chi connectivity index (χ0) is 13.8. The first-order valence-electron chi connectivity index (χ1n) is 7.66. The fraction of sp³-hybridized carbons (Fsp3) is 0.933. The van der Waals surface area contributed by atoms with Gasteiger partial charge < -0.3 is 10.6 Å². The Balaban J connectivity index is 3.77. The van der Waals surface area contributed by atoms with E-state index in [1.54, 1.807) is 0 Å². The SMILES string of the molecule is CCCCNC(=O)C(C)NCC(CC)CCCC. The molecule has 0 aromatic carbocycles. The van der Waals surface area contributed by atoms with Gasteiger partial charge in [0, 0.05) is 6.54 Å². The highest BCUT2D eigenvalue weighted by Gasteiger charge is 2.13. The summed E-state index contributed by atoms with van der Waals surface area (Å²) in [6.07, 6.45) is 7.19. The maximum atomic E-state index is 11.8. The first-order valence-corrected chi connectivity index (χ1v) is 7.66. The van der Waals surface area contributed by atoms with Gasteiger partial charge in [-0.2, -0.15) is 0 Å². The van der Waals surface area contributed by atoms with Crippen LogP contribution < -0.4 is 10.6 Å². The molecule has 3 nitrogen and oxygen atoms in total. The van der Waals surface area contributed by atoms with Gasteiger partial charge in [-0.3, -0.25) is 4.79 Å². The highest BCUT2D eigenvalue weighted by Crippen LogP contribution is 2.11. The number of unbranched alkanes of at least 4 members (excludes halogenated alkanes) is 2. The van der Waals surface area contributed by atoms with E-state index < -0.39 is 0 Å².